The summed E-state index contributed by atoms with van der Waals surface area (Å²) in [5.41, 5.74) is 0.358. The highest BCUT2D eigenvalue weighted by Gasteiger charge is 2.42. The molecule has 0 N–H and O–H groups in total. The number of nitrogens with zero attached hydrogens (tertiary/aromatic N) is 2. The van der Waals surface area contributed by atoms with E-state index in [9.17, 15) is 13.6 Å². The van der Waals surface area contributed by atoms with Crippen molar-refractivity contribution in [3.8, 4) is 0 Å². The Morgan fingerprint density at radius 3 is 2.61 bits per heavy atom. The molecule has 2 aliphatic rings. The van der Waals surface area contributed by atoms with Gasteiger partial charge in [0.15, 0.2) is 5.76 Å². The number of benzene rings is 1. The van der Waals surface area contributed by atoms with Crippen molar-refractivity contribution in [3.05, 3.63) is 59.1 Å². The van der Waals surface area contributed by atoms with E-state index in [0.29, 0.717) is 31.0 Å². The van der Waals surface area contributed by atoms with Gasteiger partial charge in [0.05, 0.1) is 0 Å². The molecule has 3 heterocycles. The normalized spacial score (nSPS) is 23.3. The lowest BCUT2D eigenvalue weighted by Crippen LogP contribution is -2.44. The van der Waals surface area contributed by atoms with E-state index in [1.807, 2.05) is 11.8 Å². The van der Waals surface area contributed by atoms with E-state index in [-0.39, 0.29) is 17.3 Å². The fraction of sp³-hybridized carbons (Fsp3) is 0.500. The maximum atomic E-state index is 14.2. The summed E-state index contributed by atoms with van der Waals surface area (Å²) in [6, 6.07) is 7.19. The first-order chi connectivity index (χ1) is 13.5. The SMILES string of the molecule is Cc1ccc(C(=O)N2CCCC3(CCCN3Cc3cc(F)ccc3F)CC2)o1. The Balaban J connectivity index is 1.48. The van der Waals surface area contributed by atoms with Crippen LogP contribution < -0.4 is 0 Å². The summed E-state index contributed by atoms with van der Waals surface area (Å²) >= 11 is 0. The Morgan fingerprint density at radius 2 is 1.86 bits per heavy atom. The third kappa shape index (κ3) is 3.70. The number of carbonyl (C=O) groups excluding carboxylic acids is 1. The van der Waals surface area contributed by atoms with Crippen LogP contribution in [0.5, 0.6) is 0 Å². The minimum atomic E-state index is -0.406. The number of halogens is 2. The molecule has 4 rings (SSSR count). The zero-order chi connectivity index (χ0) is 19.7. The Bertz CT molecular complexity index is 866. The van der Waals surface area contributed by atoms with Crippen molar-refractivity contribution in [3.63, 3.8) is 0 Å². The number of likely N-dealkylation sites (tertiary alicyclic amines) is 2. The number of aryl methyl sites for hydroxylation is 1. The van der Waals surface area contributed by atoms with Crippen LogP contribution in [0.3, 0.4) is 0 Å². The molecular weight excluding hydrogens is 362 g/mol. The molecule has 4 nitrogen and oxygen atoms in total. The van der Waals surface area contributed by atoms with Gasteiger partial charge < -0.3 is 9.32 Å². The molecule has 0 bridgehead atoms. The van der Waals surface area contributed by atoms with Crippen molar-refractivity contribution in [2.24, 2.45) is 0 Å². The van der Waals surface area contributed by atoms with Crippen molar-refractivity contribution >= 4 is 5.91 Å². The Morgan fingerprint density at radius 1 is 1.07 bits per heavy atom. The third-order valence-corrected chi connectivity index (χ3v) is 6.27. The van der Waals surface area contributed by atoms with E-state index in [2.05, 4.69) is 4.90 Å². The second kappa shape index (κ2) is 7.66. The van der Waals surface area contributed by atoms with Crippen LogP contribution in [0.4, 0.5) is 8.78 Å². The predicted molar refractivity (Wildman–Crippen MR) is 102 cm³/mol. The molecule has 1 spiro atoms. The Hall–Kier alpha value is -2.21. The number of rotatable bonds is 3. The molecule has 2 fully saturated rings. The Kier molecular flexibility index (Phi) is 5.23. The molecular formula is C22H26F2N2O2. The van der Waals surface area contributed by atoms with Crippen molar-refractivity contribution < 1.29 is 18.0 Å². The molecule has 1 unspecified atom stereocenters. The van der Waals surface area contributed by atoms with Crippen molar-refractivity contribution in [1.29, 1.82) is 0 Å². The highest BCUT2D eigenvalue weighted by atomic mass is 19.1. The standard InChI is InChI=1S/C22H26F2N2O2/c1-16-4-7-20(28-16)21(27)25-11-2-8-22(10-13-25)9-3-12-26(22)15-17-14-18(23)5-6-19(17)24/h4-7,14H,2-3,8-13,15H2,1H3. The maximum absolute atomic E-state index is 14.2. The minimum Gasteiger partial charge on any atom is -0.456 e. The van der Waals surface area contributed by atoms with Crippen LogP contribution in [0, 0.1) is 18.6 Å². The molecule has 0 aliphatic carbocycles. The number of furan rings is 1. The van der Waals surface area contributed by atoms with Crippen molar-refractivity contribution in [2.45, 2.75) is 51.1 Å². The number of carbonyl (C=O) groups is 1. The van der Waals surface area contributed by atoms with Crippen LogP contribution in [0.2, 0.25) is 0 Å². The van der Waals surface area contributed by atoms with Crippen LogP contribution in [0.1, 0.15) is 54.0 Å². The third-order valence-electron chi connectivity index (χ3n) is 6.27. The van der Waals surface area contributed by atoms with Crippen LogP contribution in [-0.4, -0.2) is 40.9 Å². The maximum Gasteiger partial charge on any atom is 0.289 e. The molecule has 6 heteroatoms. The summed E-state index contributed by atoms with van der Waals surface area (Å²) in [4.78, 5) is 16.9. The van der Waals surface area contributed by atoms with Gasteiger partial charge in [-0.05, 0) is 75.9 Å². The first-order valence-corrected chi connectivity index (χ1v) is 10.0. The molecule has 1 aromatic carbocycles. The fourth-order valence-corrected chi connectivity index (χ4v) is 4.76. The molecule has 2 aliphatic heterocycles. The van der Waals surface area contributed by atoms with Gasteiger partial charge in [-0.25, -0.2) is 8.78 Å². The van der Waals surface area contributed by atoms with Gasteiger partial charge in [-0.15, -0.1) is 0 Å². The van der Waals surface area contributed by atoms with E-state index in [4.69, 9.17) is 4.42 Å². The zero-order valence-corrected chi connectivity index (χ0v) is 16.2. The average molecular weight is 388 g/mol. The molecule has 1 amide bonds. The molecule has 150 valence electrons. The lowest BCUT2D eigenvalue weighted by Gasteiger charge is -2.38. The average Bonchev–Trinajstić information content (AvgIpc) is 3.20. The van der Waals surface area contributed by atoms with Gasteiger partial charge >= 0.3 is 0 Å². The second-order valence-electron chi connectivity index (χ2n) is 8.04. The second-order valence-corrected chi connectivity index (χ2v) is 8.04. The first kappa shape index (κ1) is 19.1. The lowest BCUT2D eigenvalue weighted by atomic mass is 9.87. The van der Waals surface area contributed by atoms with Crippen molar-refractivity contribution in [2.75, 3.05) is 19.6 Å². The molecule has 28 heavy (non-hydrogen) atoms. The van der Waals surface area contributed by atoms with E-state index < -0.39 is 5.82 Å². The summed E-state index contributed by atoms with van der Waals surface area (Å²) < 4.78 is 33.2. The smallest absolute Gasteiger partial charge is 0.289 e. The highest BCUT2D eigenvalue weighted by Crippen LogP contribution is 2.39. The monoisotopic (exact) mass is 388 g/mol. The van der Waals surface area contributed by atoms with Crippen LogP contribution >= 0.6 is 0 Å². The van der Waals surface area contributed by atoms with Gasteiger partial charge in [0.2, 0.25) is 0 Å². The summed E-state index contributed by atoms with van der Waals surface area (Å²) in [7, 11) is 0. The molecule has 0 radical (unpaired) electrons. The summed E-state index contributed by atoms with van der Waals surface area (Å²) in [6.45, 7) is 4.47. The van der Waals surface area contributed by atoms with Gasteiger partial charge in [0.25, 0.3) is 5.91 Å². The van der Waals surface area contributed by atoms with E-state index in [0.717, 1.165) is 50.5 Å². The number of amides is 1. The van der Waals surface area contributed by atoms with E-state index in [1.165, 1.54) is 12.1 Å². The zero-order valence-electron chi connectivity index (χ0n) is 16.2. The molecule has 1 aromatic heterocycles. The van der Waals surface area contributed by atoms with Gasteiger partial charge in [-0.2, -0.15) is 0 Å². The fourth-order valence-electron chi connectivity index (χ4n) is 4.76. The number of hydrogen-bond donors (Lipinski definition) is 0. The molecule has 2 aromatic rings. The predicted octanol–water partition coefficient (Wildman–Crippen LogP) is 4.53. The van der Waals surface area contributed by atoms with Gasteiger partial charge in [0.1, 0.15) is 17.4 Å². The van der Waals surface area contributed by atoms with Crippen LogP contribution in [-0.2, 0) is 6.54 Å². The largest absolute Gasteiger partial charge is 0.456 e. The minimum absolute atomic E-state index is 0.0487. The molecule has 1 atom stereocenters. The number of hydrogen-bond acceptors (Lipinski definition) is 3. The quantitative estimate of drug-likeness (QED) is 0.775. The van der Waals surface area contributed by atoms with E-state index >= 15 is 0 Å². The van der Waals surface area contributed by atoms with E-state index in [1.54, 1.807) is 12.1 Å². The van der Waals surface area contributed by atoms with Gasteiger partial charge in [-0.1, -0.05) is 0 Å². The summed E-state index contributed by atoms with van der Waals surface area (Å²) in [5.74, 6) is 0.288. The molecule has 2 saturated heterocycles. The highest BCUT2D eigenvalue weighted by molar-refractivity contribution is 5.91. The van der Waals surface area contributed by atoms with Crippen LogP contribution in [0.25, 0.3) is 0 Å². The van der Waals surface area contributed by atoms with Crippen LogP contribution in [0.15, 0.2) is 34.7 Å². The summed E-state index contributed by atoms with van der Waals surface area (Å²) in [5, 5.41) is 0. The summed E-state index contributed by atoms with van der Waals surface area (Å²) in [6.07, 6.45) is 4.78. The van der Waals surface area contributed by atoms with Crippen molar-refractivity contribution in [1.82, 2.24) is 9.80 Å². The topological polar surface area (TPSA) is 36.7 Å². The first-order valence-electron chi connectivity index (χ1n) is 10.0. The molecule has 0 saturated carbocycles. The Labute approximate surface area is 164 Å². The van der Waals surface area contributed by atoms with Gasteiger partial charge in [0, 0.05) is 30.7 Å². The van der Waals surface area contributed by atoms with Gasteiger partial charge in [-0.3, -0.25) is 9.69 Å². The lowest BCUT2D eigenvalue weighted by molar-refractivity contribution is 0.0705.